The Hall–Kier alpha value is -0.630. The molecule has 0 aliphatic carbocycles. The van der Waals surface area contributed by atoms with Crippen molar-refractivity contribution in [1.29, 1.82) is 0 Å². The molecule has 0 aliphatic heterocycles. The van der Waals surface area contributed by atoms with Crippen LogP contribution in [0.1, 0.15) is 40.5 Å². The van der Waals surface area contributed by atoms with Crippen LogP contribution < -0.4 is 5.30 Å². The molecule has 0 aromatic heterocycles. The van der Waals surface area contributed by atoms with Gasteiger partial charge in [0.2, 0.25) is 0 Å². The largest absolute Gasteiger partial charge is 0.361 e. The van der Waals surface area contributed by atoms with Crippen LogP contribution in [0.3, 0.4) is 0 Å². The normalized spacial score (nSPS) is 18.0. The van der Waals surface area contributed by atoms with E-state index < -0.39 is 7.60 Å². The second-order valence-electron chi connectivity index (χ2n) is 4.48. The van der Waals surface area contributed by atoms with Gasteiger partial charge in [-0.3, -0.25) is 4.57 Å². The van der Waals surface area contributed by atoms with Crippen molar-refractivity contribution in [3.05, 3.63) is 30.3 Å². The molecule has 1 aromatic rings. The minimum absolute atomic E-state index is 0.0832. The highest BCUT2D eigenvalue weighted by Gasteiger charge is 2.31. The average Bonchev–Trinajstić information content (AvgIpc) is 2.39. The van der Waals surface area contributed by atoms with Gasteiger partial charge in [0.1, 0.15) is 0 Å². The number of rotatable bonds is 7. The smallest absolute Gasteiger partial charge is 0.302 e. The van der Waals surface area contributed by atoms with E-state index in [1.54, 1.807) is 12.1 Å². The van der Waals surface area contributed by atoms with E-state index in [1.807, 2.05) is 45.9 Å². The molecule has 0 amide bonds. The van der Waals surface area contributed by atoms with E-state index in [0.717, 1.165) is 12.8 Å². The minimum atomic E-state index is -3.22. The van der Waals surface area contributed by atoms with Crippen LogP contribution in [-0.4, -0.2) is 12.2 Å². The fraction of sp³-hybridized carbons (Fsp3) is 0.571. The number of hydrogen-bond donors (Lipinski definition) is 0. The molecule has 3 nitrogen and oxygen atoms in total. The summed E-state index contributed by atoms with van der Waals surface area (Å²) in [6.45, 7) is 7.83. The summed E-state index contributed by atoms with van der Waals surface area (Å²) in [6, 6.07) is 9.18. The predicted octanol–water partition coefficient (Wildman–Crippen LogP) is 4.14. The first kappa shape index (κ1) is 15.4. The molecule has 18 heavy (non-hydrogen) atoms. The van der Waals surface area contributed by atoms with Gasteiger partial charge in [0.15, 0.2) is 0 Å². The van der Waals surface area contributed by atoms with Crippen LogP contribution >= 0.6 is 7.60 Å². The molecule has 0 aliphatic rings. The molecule has 0 spiro atoms. The molecule has 2 unspecified atom stereocenters. The lowest BCUT2D eigenvalue weighted by atomic mass is 10.3. The summed E-state index contributed by atoms with van der Waals surface area (Å²) in [5.74, 6) is 0. The lowest BCUT2D eigenvalue weighted by Gasteiger charge is -2.24. The first-order valence-electron chi connectivity index (χ1n) is 6.54. The van der Waals surface area contributed by atoms with Crippen LogP contribution in [-0.2, 0) is 13.6 Å². The Kier molecular flexibility index (Phi) is 6.07. The predicted molar refractivity (Wildman–Crippen MR) is 75.4 cm³/mol. The van der Waals surface area contributed by atoms with Gasteiger partial charge in [0.25, 0.3) is 0 Å². The van der Waals surface area contributed by atoms with E-state index in [1.165, 1.54) is 0 Å². The Balaban J connectivity index is 2.98. The van der Waals surface area contributed by atoms with Crippen molar-refractivity contribution in [2.24, 2.45) is 0 Å². The summed E-state index contributed by atoms with van der Waals surface area (Å²) in [5.41, 5.74) is 0. The van der Waals surface area contributed by atoms with Gasteiger partial charge in [-0.05, 0) is 38.8 Å². The Morgan fingerprint density at radius 2 is 1.44 bits per heavy atom. The maximum Gasteiger partial charge on any atom is 0.361 e. The molecule has 0 bridgehead atoms. The van der Waals surface area contributed by atoms with Crippen LogP contribution in [0.5, 0.6) is 0 Å². The molecule has 102 valence electrons. The highest BCUT2D eigenvalue weighted by molar-refractivity contribution is 7.62. The van der Waals surface area contributed by atoms with Gasteiger partial charge in [0.05, 0.1) is 17.5 Å². The van der Waals surface area contributed by atoms with Gasteiger partial charge >= 0.3 is 7.60 Å². The van der Waals surface area contributed by atoms with Gasteiger partial charge in [-0.2, -0.15) is 0 Å². The van der Waals surface area contributed by atoms with Crippen LogP contribution in [0.25, 0.3) is 0 Å². The summed E-state index contributed by atoms with van der Waals surface area (Å²) in [7, 11) is -3.22. The average molecular weight is 270 g/mol. The molecule has 1 aromatic carbocycles. The van der Waals surface area contributed by atoms with Gasteiger partial charge in [-0.25, -0.2) is 0 Å². The summed E-state index contributed by atoms with van der Waals surface area (Å²) < 4.78 is 24.3. The standard InChI is InChI=1S/C14H23O3P/c1-5-12(3)16-18(15,17-13(4)6-2)14-10-8-7-9-11-14/h7-13H,5-6H2,1-4H3. The molecule has 0 fully saturated rings. The zero-order valence-electron chi connectivity index (χ0n) is 11.6. The van der Waals surface area contributed by atoms with Gasteiger partial charge in [0, 0.05) is 0 Å². The quantitative estimate of drug-likeness (QED) is 0.699. The summed E-state index contributed by atoms with van der Waals surface area (Å²) in [5, 5.41) is 0.630. The lowest BCUT2D eigenvalue weighted by Crippen LogP contribution is -2.18. The van der Waals surface area contributed by atoms with Crippen molar-refractivity contribution < 1.29 is 13.6 Å². The third-order valence-electron chi connectivity index (χ3n) is 2.86. The zero-order chi connectivity index (χ0) is 13.6. The second kappa shape index (κ2) is 7.08. The van der Waals surface area contributed by atoms with Crippen LogP contribution in [0, 0.1) is 0 Å². The maximum atomic E-state index is 12.9. The first-order chi connectivity index (χ1) is 8.51. The summed E-state index contributed by atoms with van der Waals surface area (Å²) in [6.07, 6.45) is 1.45. The first-order valence-corrected chi connectivity index (χ1v) is 8.08. The Labute approximate surface area is 110 Å². The lowest BCUT2D eigenvalue weighted by molar-refractivity contribution is 0.131. The van der Waals surface area contributed by atoms with Crippen molar-refractivity contribution in [3.63, 3.8) is 0 Å². The van der Waals surface area contributed by atoms with Gasteiger partial charge < -0.3 is 9.05 Å². The van der Waals surface area contributed by atoms with Gasteiger partial charge in [-0.1, -0.05) is 32.0 Å². The maximum absolute atomic E-state index is 12.9. The molecule has 1 rings (SSSR count). The van der Waals surface area contributed by atoms with Gasteiger partial charge in [-0.15, -0.1) is 0 Å². The minimum Gasteiger partial charge on any atom is -0.302 e. The molecule has 0 heterocycles. The molecule has 0 N–H and O–H groups in total. The van der Waals surface area contributed by atoms with E-state index in [-0.39, 0.29) is 12.2 Å². The van der Waals surface area contributed by atoms with Crippen molar-refractivity contribution in [3.8, 4) is 0 Å². The van der Waals surface area contributed by atoms with Crippen LogP contribution in [0.2, 0.25) is 0 Å². The molecule has 2 atom stereocenters. The fourth-order valence-corrected chi connectivity index (χ4v) is 3.46. The topological polar surface area (TPSA) is 35.5 Å². The van der Waals surface area contributed by atoms with Crippen LogP contribution in [0.4, 0.5) is 0 Å². The van der Waals surface area contributed by atoms with E-state index in [0.29, 0.717) is 5.30 Å². The molecule has 0 radical (unpaired) electrons. The molecule has 4 heteroatoms. The van der Waals surface area contributed by atoms with Crippen LogP contribution in [0.15, 0.2) is 30.3 Å². The Bertz CT molecular complexity index is 375. The Morgan fingerprint density at radius 3 is 1.83 bits per heavy atom. The summed E-state index contributed by atoms with van der Waals surface area (Å²) in [4.78, 5) is 0. The Morgan fingerprint density at radius 1 is 1.00 bits per heavy atom. The van der Waals surface area contributed by atoms with Crippen molar-refractivity contribution in [1.82, 2.24) is 0 Å². The molecule has 0 saturated heterocycles. The van der Waals surface area contributed by atoms with E-state index in [2.05, 4.69) is 0 Å². The van der Waals surface area contributed by atoms with Crippen molar-refractivity contribution in [2.75, 3.05) is 0 Å². The van der Waals surface area contributed by atoms with E-state index >= 15 is 0 Å². The fourth-order valence-electron chi connectivity index (χ4n) is 1.38. The molecule has 0 saturated carbocycles. The van der Waals surface area contributed by atoms with Crippen molar-refractivity contribution >= 4 is 12.9 Å². The molecular weight excluding hydrogens is 247 g/mol. The van der Waals surface area contributed by atoms with E-state index in [9.17, 15) is 4.57 Å². The summed E-state index contributed by atoms with van der Waals surface area (Å²) >= 11 is 0. The SMILES string of the molecule is CCC(C)OP(=O)(OC(C)CC)c1ccccc1. The third kappa shape index (κ3) is 4.24. The molecular formula is C14H23O3P. The zero-order valence-corrected chi connectivity index (χ0v) is 12.5. The highest BCUT2D eigenvalue weighted by atomic mass is 31.2. The number of hydrogen-bond acceptors (Lipinski definition) is 3. The number of benzene rings is 1. The van der Waals surface area contributed by atoms with Crippen molar-refractivity contribution in [2.45, 2.75) is 52.7 Å². The van der Waals surface area contributed by atoms with E-state index in [4.69, 9.17) is 9.05 Å². The third-order valence-corrected chi connectivity index (χ3v) is 5.07. The highest BCUT2D eigenvalue weighted by Crippen LogP contribution is 2.49. The monoisotopic (exact) mass is 270 g/mol. The second-order valence-corrected chi connectivity index (χ2v) is 6.41.